The number of rotatable bonds is 0. The molecular formula is C9H13FeN. The zero-order chi connectivity index (χ0) is 7.72. The van der Waals surface area contributed by atoms with Crippen molar-refractivity contribution in [3.05, 3.63) is 28.8 Å². The molecule has 1 aromatic carbocycles. The first-order valence-electron chi connectivity index (χ1n) is 3.44. The second kappa shape index (κ2) is 3.79. The van der Waals surface area contributed by atoms with Gasteiger partial charge in [0, 0.05) is 22.8 Å². The molecule has 0 aliphatic rings. The number of anilines is 1. The molecule has 0 bridgehead atoms. The van der Waals surface area contributed by atoms with Crippen molar-refractivity contribution in [2.45, 2.75) is 20.8 Å². The summed E-state index contributed by atoms with van der Waals surface area (Å²) in [5.74, 6) is 0. The van der Waals surface area contributed by atoms with E-state index in [0.29, 0.717) is 0 Å². The van der Waals surface area contributed by atoms with E-state index in [2.05, 4.69) is 19.1 Å². The number of benzene rings is 1. The van der Waals surface area contributed by atoms with Crippen LogP contribution in [0, 0.1) is 20.8 Å². The zero-order valence-corrected chi connectivity index (χ0v) is 8.19. The van der Waals surface area contributed by atoms with Crippen LogP contribution in [-0.4, -0.2) is 0 Å². The first-order valence-corrected chi connectivity index (χ1v) is 3.44. The molecule has 0 unspecified atom stereocenters. The topological polar surface area (TPSA) is 26.0 Å². The standard InChI is InChI=1S/C9H13N.Fe/c1-6-4-7(2)9(10)8(3)5-6;/h4-5H,10H2,1-3H3;. The molecule has 0 aliphatic heterocycles. The Bertz CT molecular complexity index is 233. The van der Waals surface area contributed by atoms with E-state index in [1.54, 1.807) is 0 Å². The SMILES string of the molecule is Cc1cc(C)c(N)c(C)c1.[Fe]. The maximum absolute atomic E-state index is 5.75. The maximum Gasteiger partial charge on any atom is 0.0373 e. The summed E-state index contributed by atoms with van der Waals surface area (Å²) in [5, 5.41) is 0. The van der Waals surface area contributed by atoms with Crippen LogP contribution in [0.3, 0.4) is 0 Å². The van der Waals surface area contributed by atoms with E-state index in [-0.39, 0.29) is 17.1 Å². The van der Waals surface area contributed by atoms with Crippen LogP contribution in [0.1, 0.15) is 16.7 Å². The smallest absolute Gasteiger partial charge is 0.0373 e. The Balaban J connectivity index is 0.000001000. The first kappa shape index (κ1) is 10.5. The van der Waals surface area contributed by atoms with Gasteiger partial charge in [0.15, 0.2) is 0 Å². The molecule has 0 saturated heterocycles. The van der Waals surface area contributed by atoms with Gasteiger partial charge in [-0.3, -0.25) is 0 Å². The fourth-order valence-electron chi connectivity index (χ4n) is 1.19. The van der Waals surface area contributed by atoms with Gasteiger partial charge in [0.05, 0.1) is 0 Å². The van der Waals surface area contributed by atoms with E-state index in [1.165, 1.54) is 16.7 Å². The predicted octanol–water partition coefficient (Wildman–Crippen LogP) is 2.19. The van der Waals surface area contributed by atoms with Crippen LogP contribution in [0.4, 0.5) is 5.69 Å². The van der Waals surface area contributed by atoms with Gasteiger partial charge in [-0.25, -0.2) is 0 Å². The minimum absolute atomic E-state index is 0. The summed E-state index contributed by atoms with van der Waals surface area (Å²) in [6, 6.07) is 4.20. The Hall–Kier alpha value is -0.461. The number of nitrogen functional groups attached to an aromatic ring is 1. The van der Waals surface area contributed by atoms with Crippen LogP contribution in [0.2, 0.25) is 0 Å². The maximum atomic E-state index is 5.75. The van der Waals surface area contributed by atoms with E-state index in [9.17, 15) is 0 Å². The zero-order valence-electron chi connectivity index (χ0n) is 7.09. The normalized spacial score (nSPS) is 9.00. The minimum atomic E-state index is 0. The molecule has 0 aromatic heterocycles. The van der Waals surface area contributed by atoms with Crippen LogP contribution in [-0.2, 0) is 17.1 Å². The third kappa shape index (κ3) is 2.25. The van der Waals surface area contributed by atoms with Gasteiger partial charge in [-0.1, -0.05) is 17.7 Å². The Kier molecular flexibility index (Phi) is 3.64. The molecule has 0 amide bonds. The Morgan fingerprint density at radius 1 is 1.00 bits per heavy atom. The van der Waals surface area contributed by atoms with Crippen LogP contribution < -0.4 is 5.73 Å². The summed E-state index contributed by atoms with van der Waals surface area (Å²) in [6.45, 7) is 6.16. The van der Waals surface area contributed by atoms with Gasteiger partial charge in [0.25, 0.3) is 0 Å². The number of hydrogen-bond acceptors (Lipinski definition) is 1. The monoisotopic (exact) mass is 191 g/mol. The van der Waals surface area contributed by atoms with E-state index >= 15 is 0 Å². The van der Waals surface area contributed by atoms with Crippen LogP contribution in [0.15, 0.2) is 12.1 Å². The molecule has 0 heterocycles. The molecule has 0 radical (unpaired) electrons. The third-order valence-corrected chi connectivity index (χ3v) is 1.74. The molecule has 11 heavy (non-hydrogen) atoms. The Morgan fingerprint density at radius 3 is 1.73 bits per heavy atom. The molecule has 0 saturated carbocycles. The molecule has 0 aliphatic carbocycles. The van der Waals surface area contributed by atoms with Crippen molar-refractivity contribution in [2.75, 3.05) is 5.73 Å². The summed E-state index contributed by atoms with van der Waals surface area (Å²) in [4.78, 5) is 0. The van der Waals surface area contributed by atoms with Crippen molar-refractivity contribution in [3.8, 4) is 0 Å². The summed E-state index contributed by atoms with van der Waals surface area (Å²) >= 11 is 0. The molecule has 62 valence electrons. The second-order valence-electron chi connectivity index (χ2n) is 2.81. The number of nitrogens with two attached hydrogens (primary N) is 1. The molecule has 0 fully saturated rings. The molecular weight excluding hydrogens is 178 g/mol. The van der Waals surface area contributed by atoms with Gasteiger partial charge in [-0.15, -0.1) is 0 Å². The number of aryl methyl sites for hydroxylation is 3. The van der Waals surface area contributed by atoms with Gasteiger partial charge in [0.2, 0.25) is 0 Å². The van der Waals surface area contributed by atoms with E-state index in [4.69, 9.17) is 5.73 Å². The molecule has 1 aromatic rings. The summed E-state index contributed by atoms with van der Waals surface area (Å²) in [6.07, 6.45) is 0. The number of hydrogen-bond donors (Lipinski definition) is 1. The van der Waals surface area contributed by atoms with E-state index < -0.39 is 0 Å². The first-order chi connectivity index (χ1) is 4.61. The van der Waals surface area contributed by atoms with Gasteiger partial charge < -0.3 is 5.73 Å². The minimum Gasteiger partial charge on any atom is -0.398 e. The van der Waals surface area contributed by atoms with E-state index in [1.807, 2.05) is 13.8 Å². The third-order valence-electron chi connectivity index (χ3n) is 1.74. The van der Waals surface area contributed by atoms with Gasteiger partial charge in [0.1, 0.15) is 0 Å². The van der Waals surface area contributed by atoms with Gasteiger partial charge >= 0.3 is 0 Å². The van der Waals surface area contributed by atoms with Crippen molar-refractivity contribution >= 4 is 5.69 Å². The Labute approximate surface area is 78.5 Å². The molecule has 2 N–H and O–H groups in total. The van der Waals surface area contributed by atoms with Gasteiger partial charge in [-0.2, -0.15) is 0 Å². The van der Waals surface area contributed by atoms with Crippen molar-refractivity contribution in [3.63, 3.8) is 0 Å². The predicted molar refractivity (Wildman–Crippen MR) is 45.1 cm³/mol. The largest absolute Gasteiger partial charge is 0.398 e. The van der Waals surface area contributed by atoms with Crippen LogP contribution in [0.5, 0.6) is 0 Å². The van der Waals surface area contributed by atoms with Crippen molar-refractivity contribution in [2.24, 2.45) is 0 Å². The van der Waals surface area contributed by atoms with Crippen LogP contribution >= 0.6 is 0 Å². The Morgan fingerprint density at radius 2 is 1.36 bits per heavy atom. The van der Waals surface area contributed by atoms with Gasteiger partial charge in [-0.05, 0) is 31.9 Å². The fraction of sp³-hybridized carbons (Fsp3) is 0.333. The molecule has 0 atom stereocenters. The second-order valence-corrected chi connectivity index (χ2v) is 2.81. The fourth-order valence-corrected chi connectivity index (χ4v) is 1.19. The van der Waals surface area contributed by atoms with Crippen LogP contribution in [0.25, 0.3) is 0 Å². The molecule has 0 spiro atoms. The average Bonchev–Trinajstić information content (AvgIpc) is 1.82. The summed E-state index contributed by atoms with van der Waals surface area (Å²) in [5.41, 5.74) is 10.3. The molecule has 2 heteroatoms. The average molecular weight is 191 g/mol. The molecule has 1 nitrogen and oxygen atoms in total. The van der Waals surface area contributed by atoms with Crippen molar-refractivity contribution in [1.29, 1.82) is 0 Å². The van der Waals surface area contributed by atoms with E-state index in [0.717, 1.165) is 5.69 Å². The quantitative estimate of drug-likeness (QED) is 0.493. The summed E-state index contributed by atoms with van der Waals surface area (Å²) < 4.78 is 0. The van der Waals surface area contributed by atoms with Crippen molar-refractivity contribution < 1.29 is 17.1 Å². The molecule has 1 rings (SSSR count). The summed E-state index contributed by atoms with van der Waals surface area (Å²) in [7, 11) is 0. The van der Waals surface area contributed by atoms with Crippen molar-refractivity contribution in [1.82, 2.24) is 0 Å².